The molecule has 2 rings (SSSR count). The predicted molar refractivity (Wildman–Crippen MR) is 122 cm³/mol. The van der Waals surface area contributed by atoms with Crippen LogP contribution in [0.1, 0.15) is 0 Å². The van der Waals surface area contributed by atoms with E-state index in [9.17, 15) is 0 Å². The Morgan fingerprint density at radius 2 is 1.33 bits per heavy atom. The summed E-state index contributed by atoms with van der Waals surface area (Å²) in [7, 11) is 9.73. The van der Waals surface area contributed by atoms with Crippen LogP contribution in [0.5, 0.6) is 0 Å². The molecule has 0 saturated carbocycles. The summed E-state index contributed by atoms with van der Waals surface area (Å²) in [5.74, 6) is -1.66. The molecule has 10 heteroatoms. The van der Waals surface area contributed by atoms with Crippen molar-refractivity contribution in [1.29, 1.82) is 0 Å². The van der Waals surface area contributed by atoms with Crippen molar-refractivity contribution in [3.63, 3.8) is 0 Å². The number of rotatable bonds is 5. The van der Waals surface area contributed by atoms with E-state index >= 15 is 0 Å². The van der Waals surface area contributed by atoms with Crippen molar-refractivity contribution < 1.29 is 4.62 Å². The van der Waals surface area contributed by atoms with E-state index < -0.39 is 13.9 Å². The quantitative estimate of drug-likeness (QED) is 0.690. The predicted octanol–water partition coefficient (Wildman–Crippen LogP) is 2.47. The van der Waals surface area contributed by atoms with Crippen LogP contribution in [0.4, 0.5) is 0 Å². The topological polar surface area (TPSA) is 62.6 Å². The van der Waals surface area contributed by atoms with Crippen LogP contribution in [0.25, 0.3) is 11.2 Å². The fourth-order valence-electron chi connectivity index (χ4n) is 2.20. The molecule has 0 aliphatic heterocycles. The average molecular weight is 419 g/mol. The second-order valence-corrected chi connectivity index (χ2v) is 28.7. The third-order valence-electron chi connectivity index (χ3n) is 2.93. The van der Waals surface area contributed by atoms with Crippen molar-refractivity contribution >= 4 is 25.0 Å². The fourth-order valence-corrected chi connectivity index (χ4v) is 5.10. The van der Waals surface area contributed by atoms with Gasteiger partial charge < -0.3 is 0 Å². The summed E-state index contributed by atoms with van der Waals surface area (Å²) >= 11 is 0. The summed E-state index contributed by atoms with van der Waals surface area (Å²) in [6, 6.07) is 3.68. The summed E-state index contributed by atoms with van der Waals surface area (Å²) < 4.78 is 12.4. The summed E-state index contributed by atoms with van der Waals surface area (Å²) in [5, 5.41) is 8.13. The molecule has 8 nitrogen and oxygen atoms in total. The molecule has 0 aliphatic carbocycles. The van der Waals surface area contributed by atoms with Crippen molar-refractivity contribution in [2.24, 2.45) is 0 Å². The van der Waals surface area contributed by atoms with E-state index in [2.05, 4.69) is 69.3 Å². The van der Waals surface area contributed by atoms with E-state index in [1.54, 1.807) is 6.20 Å². The van der Waals surface area contributed by atoms with Crippen LogP contribution >= 0.6 is 13.9 Å². The monoisotopic (exact) mass is 419 g/mol. The van der Waals surface area contributed by atoms with E-state index in [0.29, 0.717) is 11.2 Å². The van der Waals surface area contributed by atoms with E-state index in [0.717, 1.165) is 0 Å². The summed E-state index contributed by atoms with van der Waals surface area (Å²) in [4.78, 5) is 5.68. The maximum absolute atomic E-state index is 6.21. The Hall–Kier alpha value is -0.910. The first-order valence-corrected chi connectivity index (χ1v) is 15.8. The molecular formula is C17H39N7OP2. The molecule has 0 unspecified atom stereocenters. The molecule has 0 bridgehead atoms. The number of aromatic nitrogens is 4. The van der Waals surface area contributed by atoms with Crippen LogP contribution in [0, 0.1) is 0 Å². The zero-order valence-corrected chi connectivity index (χ0v) is 21.0. The minimum absolute atomic E-state index is 0.613. The van der Waals surface area contributed by atoms with Gasteiger partial charge in [-0.1, -0.05) is 0 Å². The van der Waals surface area contributed by atoms with Crippen LogP contribution in [-0.4, -0.2) is 116 Å². The van der Waals surface area contributed by atoms with Gasteiger partial charge in [-0.15, -0.1) is 19.1 Å². The van der Waals surface area contributed by atoms with Gasteiger partial charge in [-0.05, 0) is 22.2 Å². The van der Waals surface area contributed by atoms with Gasteiger partial charge in [0.15, 0.2) is 0 Å². The molecule has 0 atom stereocenters. The van der Waals surface area contributed by atoms with E-state index in [1.165, 1.54) is 4.85 Å². The second-order valence-electron chi connectivity index (χ2n) is 11.7. The average Bonchev–Trinajstić information content (AvgIpc) is 2.83. The number of pyridine rings is 1. The summed E-state index contributed by atoms with van der Waals surface area (Å²) in [6.07, 6.45) is 1.70. The molecule has 2 aromatic rings. The Labute approximate surface area is 164 Å². The van der Waals surface area contributed by atoms with Crippen LogP contribution in [0.15, 0.2) is 18.3 Å². The molecule has 0 N–H and O–H groups in total. The molecule has 0 fully saturated rings. The van der Waals surface area contributed by atoms with Crippen molar-refractivity contribution in [1.82, 2.24) is 34.2 Å². The van der Waals surface area contributed by atoms with Gasteiger partial charge in [0.1, 0.15) is 5.52 Å². The standard InChI is InChI=1S/C11H21N7OP.C6H18P/c1-15(2)20(16(3)4,17(5)6)19-18-11-10(13-14-18)8-7-9-12-11;1-7(2,3,4,5)6/h7-9H,1-6H3;1-6H3/q+1;-1. The maximum atomic E-state index is 6.21. The van der Waals surface area contributed by atoms with Crippen molar-refractivity contribution in [3.8, 4) is 0 Å². The van der Waals surface area contributed by atoms with Gasteiger partial charge in [-0.3, -0.25) is 0 Å². The number of hydrogen-bond acceptors (Lipinski definition) is 7. The first-order chi connectivity index (χ1) is 11.8. The summed E-state index contributed by atoms with van der Waals surface area (Å²) in [6.45, 7) is 14.2. The Morgan fingerprint density at radius 1 is 0.889 bits per heavy atom. The van der Waals surface area contributed by atoms with Gasteiger partial charge in [0.25, 0.3) is 0 Å². The molecule has 0 aromatic carbocycles. The van der Waals surface area contributed by atoms with E-state index in [4.69, 9.17) is 4.62 Å². The Kier molecular flexibility index (Phi) is 6.40. The molecule has 2 heterocycles. The van der Waals surface area contributed by atoms with Crippen LogP contribution in [-0.2, 0) is 0 Å². The molecule has 0 aliphatic rings. The fraction of sp³-hybridized carbons (Fsp3) is 0.706. The van der Waals surface area contributed by atoms with Gasteiger partial charge in [-0.25, -0.2) is 4.98 Å². The van der Waals surface area contributed by atoms with E-state index in [-0.39, 0.29) is 0 Å². The van der Waals surface area contributed by atoms with Crippen LogP contribution < -0.4 is 4.62 Å². The molecular weight excluding hydrogens is 380 g/mol. The summed E-state index contributed by atoms with van der Waals surface area (Å²) in [5.41, 5.74) is 1.32. The first kappa shape index (κ1) is 24.1. The van der Waals surface area contributed by atoms with Gasteiger partial charge in [0.05, 0.1) is 0 Å². The molecule has 158 valence electrons. The van der Waals surface area contributed by atoms with Crippen LogP contribution in [0.2, 0.25) is 0 Å². The zero-order chi connectivity index (χ0) is 21.3. The molecule has 0 radical (unpaired) electrons. The van der Waals surface area contributed by atoms with E-state index in [1.807, 2.05) is 54.4 Å². The third-order valence-corrected chi connectivity index (χ3v) is 6.43. The molecule has 27 heavy (non-hydrogen) atoms. The Bertz CT molecular complexity index is 731. The van der Waals surface area contributed by atoms with Crippen molar-refractivity contribution in [3.05, 3.63) is 18.3 Å². The first-order valence-electron chi connectivity index (χ1n) is 8.87. The van der Waals surface area contributed by atoms with Gasteiger partial charge in [0.2, 0.25) is 5.65 Å². The van der Waals surface area contributed by atoms with Crippen molar-refractivity contribution in [2.75, 3.05) is 82.3 Å². The SMILES string of the molecule is CN(C)[P+](On1nnc2cccnc21)(N(C)C)N(C)C.C[P-](C)(C)(C)(C)C. The zero-order valence-electron chi connectivity index (χ0n) is 19.2. The molecule has 2 aromatic heterocycles. The number of fused-ring (bicyclic) bond motifs is 1. The number of nitrogens with zero attached hydrogens (tertiary/aromatic N) is 7. The number of hydrogen-bond donors (Lipinski definition) is 0. The van der Waals surface area contributed by atoms with Crippen LogP contribution in [0.3, 0.4) is 0 Å². The van der Waals surface area contributed by atoms with Gasteiger partial charge in [0, 0.05) is 48.5 Å². The third kappa shape index (κ3) is 7.55. The Morgan fingerprint density at radius 3 is 1.74 bits per heavy atom. The molecule has 0 amide bonds. The van der Waals surface area contributed by atoms with Crippen molar-refractivity contribution in [2.45, 2.75) is 0 Å². The normalized spacial score (nSPS) is 15.5. The Balaban J connectivity index is 0.000000445. The second kappa shape index (κ2) is 7.16. The minimum atomic E-state index is -2.18. The molecule has 0 spiro atoms. The van der Waals surface area contributed by atoms with Gasteiger partial charge >= 0.3 is 53.9 Å². The van der Waals surface area contributed by atoms with Gasteiger partial charge in [-0.2, -0.15) is 4.62 Å². The molecule has 0 saturated heterocycles.